The highest BCUT2D eigenvalue weighted by atomic mass is 79.9. The molecular weight excluding hydrogens is 362 g/mol. The molecule has 0 heterocycles. The van der Waals surface area contributed by atoms with Gasteiger partial charge in [0.25, 0.3) is 0 Å². The lowest BCUT2D eigenvalue weighted by Crippen LogP contribution is -2.43. The van der Waals surface area contributed by atoms with Crippen LogP contribution in [0, 0.1) is 0 Å². The Morgan fingerprint density at radius 3 is 2.46 bits per heavy atom. The molecule has 0 fully saturated rings. The Morgan fingerprint density at radius 2 is 1.75 bits per heavy atom. The number of hydrogen-bond acceptors (Lipinski definition) is 2. The fourth-order valence-corrected chi connectivity index (χ4v) is 4.44. The summed E-state index contributed by atoms with van der Waals surface area (Å²) in [6, 6.07) is 14.7. The van der Waals surface area contributed by atoms with Gasteiger partial charge in [-0.2, -0.15) is 0 Å². The summed E-state index contributed by atoms with van der Waals surface area (Å²) in [5.41, 5.74) is 3.47. The average Bonchev–Trinajstić information content (AvgIpc) is 2.76. The maximum Gasteiger partial charge on any atom is 0.116 e. The maximum absolute atomic E-state index is 11.6. The molecule has 0 radical (unpaired) electrons. The largest absolute Gasteiger partial charge is 0.380 e. The lowest BCUT2D eigenvalue weighted by atomic mass is 9.85. The van der Waals surface area contributed by atoms with E-state index in [4.69, 9.17) is 0 Å². The molecule has 0 saturated heterocycles. The molecule has 0 bridgehead atoms. The van der Waals surface area contributed by atoms with Crippen LogP contribution in [0.15, 0.2) is 46.9 Å². The maximum atomic E-state index is 11.6. The van der Waals surface area contributed by atoms with Crippen LogP contribution in [0.3, 0.4) is 0 Å². The summed E-state index contributed by atoms with van der Waals surface area (Å²) in [6.07, 6.45) is 1.62. The third kappa shape index (κ3) is 3.17. The van der Waals surface area contributed by atoms with E-state index in [0.717, 1.165) is 33.1 Å². The molecule has 0 spiro atoms. The molecule has 2 aromatic carbocycles. The van der Waals surface area contributed by atoms with E-state index in [0.29, 0.717) is 12.5 Å². The van der Waals surface area contributed by atoms with Gasteiger partial charge < -0.3 is 10.4 Å². The predicted octanol–water partition coefficient (Wildman–Crippen LogP) is 5.22. The zero-order valence-corrected chi connectivity index (χ0v) is 16.4. The molecule has 0 amide bonds. The van der Waals surface area contributed by atoms with Crippen molar-refractivity contribution in [2.45, 2.75) is 57.7 Å². The van der Waals surface area contributed by atoms with Crippen molar-refractivity contribution in [3.05, 3.63) is 58.1 Å². The van der Waals surface area contributed by atoms with Crippen LogP contribution < -0.4 is 5.32 Å². The van der Waals surface area contributed by atoms with Gasteiger partial charge in [-0.15, -0.1) is 0 Å². The second-order valence-electron chi connectivity index (χ2n) is 7.90. The highest BCUT2D eigenvalue weighted by Gasteiger charge is 2.42. The summed E-state index contributed by atoms with van der Waals surface area (Å²) in [5.74, 6) is 0. The van der Waals surface area contributed by atoms with Crippen LogP contribution in [0.1, 0.15) is 51.7 Å². The summed E-state index contributed by atoms with van der Waals surface area (Å²) >= 11 is 3.67. The quantitative estimate of drug-likeness (QED) is 0.753. The first-order valence-corrected chi connectivity index (χ1v) is 9.40. The first-order chi connectivity index (χ1) is 11.2. The van der Waals surface area contributed by atoms with Crippen molar-refractivity contribution in [2.24, 2.45) is 0 Å². The number of benzene rings is 2. The summed E-state index contributed by atoms with van der Waals surface area (Å²) < 4.78 is 1.05. The van der Waals surface area contributed by atoms with Crippen molar-refractivity contribution in [2.75, 3.05) is 0 Å². The summed E-state index contributed by atoms with van der Waals surface area (Å²) in [6.45, 7) is 8.72. The first kappa shape index (κ1) is 17.7. The van der Waals surface area contributed by atoms with Crippen molar-refractivity contribution < 1.29 is 5.11 Å². The minimum Gasteiger partial charge on any atom is -0.380 e. The number of halogens is 1. The molecule has 2 atom stereocenters. The van der Waals surface area contributed by atoms with Gasteiger partial charge in [-0.3, -0.25) is 0 Å². The fraction of sp³-hybridized carbons (Fsp3) is 0.429. The number of rotatable bonds is 4. The molecular formula is C21H26BrNO. The number of fused-ring (bicyclic) bond motifs is 3. The van der Waals surface area contributed by atoms with E-state index in [9.17, 15) is 5.11 Å². The third-order valence-corrected chi connectivity index (χ3v) is 5.38. The Bertz CT molecular complexity index is 750. The topological polar surface area (TPSA) is 32.3 Å². The van der Waals surface area contributed by atoms with Crippen LogP contribution in [0.4, 0.5) is 0 Å². The Balaban J connectivity index is 1.94. The van der Waals surface area contributed by atoms with Gasteiger partial charge in [0.1, 0.15) is 5.60 Å². The van der Waals surface area contributed by atoms with Crippen LogP contribution in [0.25, 0.3) is 11.1 Å². The summed E-state index contributed by atoms with van der Waals surface area (Å²) in [4.78, 5) is 0. The molecule has 0 aromatic heterocycles. The smallest absolute Gasteiger partial charge is 0.116 e. The molecule has 24 heavy (non-hydrogen) atoms. The molecule has 2 nitrogen and oxygen atoms in total. The van der Waals surface area contributed by atoms with Crippen molar-refractivity contribution in [3.8, 4) is 11.1 Å². The minimum absolute atomic E-state index is 0.0799. The highest BCUT2D eigenvalue weighted by Crippen LogP contribution is 2.52. The van der Waals surface area contributed by atoms with E-state index >= 15 is 0 Å². The third-order valence-electron chi connectivity index (χ3n) is 4.72. The lowest BCUT2D eigenvalue weighted by molar-refractivity contribution is 0.0694. The van der Waals surface area contributed by atoms with Gasteiger partial charge in [0.05, 0.1) is 0 Å². The molecule has 3 rings (SSSR count). The zero-order chi connectivity index (χ0) is 17.5. The molecule has 1 aliphatic carbocycles. The van der Waals surface area contributed by atoms with Crippen molar-refractivity contribution in [1.29, 1.82) is 0 Å². The minimum atomic E-state index is -0.913. The normalized spacial score (nSPS) is 20.6. The standard InChI is InChI=1S/C21H26BrNO/c1-14(23-20(2,3)4)12-13-21(24)16-9-6-5-8-15(16)19-17(21)10-7-11-18(19)22/h5-11,14,23-24H,12-13H2,1-4H3. The van der Waals surface area contributed by atoms with Crippen LogP contribution in [0.5, 0.6) is 0 Å². The summed E-state index contributed by atoms with van der Waals surface area (Å²) in [5, 5.41) is 15.2. The van der Waals surface area contributed by atoms with Gasteiger partial charge in [0.15, 0.2) is 0 Å². The second-order valence-corrected chi connectivity index (χ2v) is 8.76. The molecule has 128 valence electrons. The van der Waals surface area contributed by atoms with Gasteiger partial charge in [-0.1, -0.05) is 52.3 Å². The van der Waals surface area contributed by atoms with Crippen molar-refractivity contribution >= 4 is 15.9 Å². The molecule has 2 N–H and O–H groups in total. The highest BCUT2D eigenvalue weighted by molar-refractivity contribution is 9.10. The van der Waals surface area contributed by atoms with E-state index in [1.165, 1.54) is 0 Å². The Labute approximate surface area is 153 Å². The Kier molecular flexibility index (Phi) is 4.63. The molecule has 3 heteroatoms. The number of aliphatic hydroxyl groups is 1. The lowest BCUT2D eigenvalue weighted by Gasteiger charge is -2.30. The number of hydrogen-bond donors (Lipinski definition) is 2. The molecule has 1 aliphatic rings. The van der Waals surface area contributed by atoms with Crippen LogP contribution in [-0.2, 0) is 5.60 Å². The molecule has 0 aliphatic heterocycles. The van der Waals surface area contributed by atoms with Gasteiger partial charge >= 0.3 is 0 Å². The fourth-order valence-electron chi connectivity index (χ4n) is 3.86. The van der Waals surface area contributed by atoms with E-state index < -0.39 is 5.60 Å². The van der Waals surface area contributed by atoms with E-state index in [-0.39, 0.29) is 5.54 Å². The zero-order valence-electron chi connectivity index (χ0n) is 14.9. The van der Waals surface area contributed by atoms with E-state index in [2.05, 4.69) is 67.1 Å². The van der Waals surface area contributed by atoms with E-state index in [1.54, 1.807) is 0 Å². The Morgan fingerprint density at radius 1 is 1.08 bits per heavy atom. The average molecular weight is 388 g/mol. The van der Waals surface area contributed by atoms with Gasteiger partial charge in [0, 0.05) is 21.6 Å². The van der Waals surface area contributed by atoms with Gasteiger partial charge in [0.2, 0.25) is 0 Å². The first-order valence-electron chi connectivity index (χ1n) is 8.61. The van der Waals surface area contributed by atoms with Crippen LogP contribution in [0.2, 0.25) is 0 Å². The van der Waals surface area contributed by atoms with Crippen LogP contribution in [-0.4, -0.2) is 16.7 Å². The molecule has 2 unspecified atom stereocenters. The summed E-state index contributed by atoms with van der Waals surface area (Å²) in [7, 11) is 0. The Hall–Kier alpha value is -1.16. The predicted molar refractivity (Wildman–Crippen MR) is 104 cm³/mol. The number of nitrogens with one attached hydrogen (secondary N) is 1. The SMILES string of the molecule is CC(CCC1(O)c2ccccc2-c2c(Br)cccc21)NC(C)(C)C. The van der Waals surface area contributed by atoms with Gasteiger partial charge in [-0.05, 0) is 63.3 Å². The van der Waals surface area contributed by atoms with E-state index in [1.807, 2.05) is 24.3 Å². The molecule has 2 aromatic rings. The van der Waals surface area contributed by atoms with Gasteiger partial charge in [-0.25, -0.2) is 0 Å². The van der Waals surface area contributed by atoms with Crippen molar-refractivity contribution in [3.63, 3.8) is 0 Å². The van der Waals surface area contributed by atoms with Crippen molar-refractivity contribution in [1.82, 2.24) is 5.32 Å². The van der Waals surface area contributed by atoms with Crippen LogP contribution >= 0.6 is 15.9 Å². The second kappa shape index (κ2) is 6.29. The molecule has 0 saturated carbocycles. The monoisotopic (exact) mass is 387 g/mol.